The molecule has 3 aromatic carbocycles. The van der Waals surface area contributed by atoms with Crippen molar-refractivity contribution in [1.29, 1.82) is 0 Å². The number of para-hydroxylation sites is 1. The van der Waals surface area contributed by atoms with E-state index in [0.717, 1.165) is 34.3 Å². The maximum Gasteiger partial charge on any atom is 0.416 e. The first-order valence-electron chi connectivity index (χ1n) is 10.5. The van der Waals surface area contributed by atoms with Crippen LogP contribution in [0.25, 0.3) is 10.9 Å². The molecule has 0 bridgehead atoms. The van der Waals surface area contributed by atoms with Crippen LogP contribution in [-0.4, -0.2) is 20.6 Å². The second-order valence-corrected chi connectivity index (χ2v) is 7.88. The molecule has 1 heterocycles. The fourth-order valence-electron chi connectivity index (χ4n) is 3.85. The van der Waals surface area contributed by atoms with E-state index in [1.54, 1.807) is 12.1 Å². The van der Waals surface area contributed by atoms with Crippen LogP contribution in [0.3, 0.4) is 0 Å². The second kappa shape index (κ2) is 9.49. The van der Waals surface area contributed by atoms with E-state index >= 15 is 0 Å². The first kappa shape index (κ1) is 24.4. The van der Waals surface area contributed by atoms with Crippen molar-refractivity contribution in [3.05, 3.63) is 109 Å². The number of nitrogens with one attached hydrogen (secondary N) is 1. The largest absolute Gasteiger partial charge is 0.416 e. The Morgan fingerprint density at radius 2 is 1.69 bits per heavy atom. The minimum absolute atomic E-state index is 0.0101. The van der Waals surface area contributed by atoms with Gasteiger partial charge in [0, 0.05) is 46.9 Å². The zero-order valence-electron chi connectivity index (χ0n) is 18.7. The molecule has 1 N–H and O–H groups in total. The van der Waals surface area contributed by atoms with Crippen LogP contribution in [-0.2, 0) is 12.7 Å². The Kier molecular flexibility index (Phi) is 6.43. The van der Waals surface area contributed by atoms with E-state index in [0.29, 0.717) is 18.2 Å². The number of hydrogen-bond donors (Lipinski definition) is 1. The number of fused-ring (bicyclic) bond motifs is 1. The number of alkyl halides is 3. The maximum atomic E-state index is 12.9. The standard InChI is InChI=1S/C24H18F3N5O4/c1-15-20(13-28-29-21-11-8-17(24(25,26)27)12-23(21)32(35)36)19-4-2-3-5-22(19)30(15)14-16-6-9-18(10-7-16)31(33)34/h2-13,29H,14H2,1H3/b28-13-. The summed E-state index contributed by atoms with van der Waals surface area (Å²) >= 11 is 0. The van der Waals surface area contributed by atoms with Crippen molar-refractivity contribution in [2.75, 3.05) is 5.43 Å². The van der Waals surface area contributed by atoms with Crippen molar-refractivity contribution in [2.45, 2.75) is 19.6 Å². The van der Waals surface area contributed by atoms with E-state index in [1.807, 2.05) is 35.8 Å². The molecule has 0 spiro atoms. The number of nitro benzene ring substituents is 2. The van der Waals surface area contributed by atoms with Crippen LogP contribution in [0.15, 0.2) is 71.8 Å². The SMILES string of the molecule is Cc1c(/C=N\Nc2ccc(C(F)(F)F)cc2[N+](=O)[O-])c2ccccc2n1Cc1ccc([N+](=O)[O-])cc1. The van der Waals surface area contributed by atoms with Gasteiger partial charge in [-0.15, -0.1) is 0 Å². The predicted molar refractivity (Wildman–Crippen MR) is 128 cm³/mol. The number of nitro groups is 2. The van der Waals surface area contributed by atoms with Crippen LogP contribution < -0.4 is 5.43 Å². The summed E-state index contributed by atoms with van der Waals surface area (Å²) in [5.41, 5.74) is 3.62. The lowest BCUT2D eigenvalue weighted by Gasteiger charge is -2.09. The minimum Gasteiger partial charge on any atom is -0.340 e. The Bertz CT molecular complexity index is 1490. The predicted octanol–water partition coefficient (Wildman–Crippen LogP) is 6.28. The van der Waals surface area contributed by atoms with Crippen molar-refractivity contribution in [2.24, 2.45) is 5.10 Å². The molecule has 0 amide bonds. The first-order valence-corrected chi connectivity index (χ1v) is 10.5. The number of aromatic nitrogens is 1. The average Bonchev–Trinajstić information content (AvgIpc) is 3.09. The summed E-state index contributed by atoms with van der Waals surface area (Å²) in [6.45, 7) is 2.28. The molecule has 184 valence electrons. The Labute approximate surface area is 201 Å². The van der Waals surface area contributed by atoms with Crippen molar-refractivity contribution >= 4 is 34.2 Å². The summed E-state index contributed by atoms with van der Waals surface area (Å²) in [6.07, 6.45) is -3.26. The highest BCUT2D eigenvalue weighted by Gasteiger charge is 2.33. The van der Waals surface area contributed by atoms with Crippen LogP contribution in [0, 0.1) is 27.2 Å². The molecule has 4 aromatic rings. The summed E-state index contributed by atoms with van der Waals surface area (Å²) in [5, 5.41) is 27.1. The summed E-state index contributed by atoms with van der Waals surface area (Å²) in [4.78, 5) is 20.8. The van der Waals surface area contributed by atoms with Gasteiger partial charge in [0.25, 0.3) is 11.4 Å². The van der Waals surface area contributed by atoms with E-state index in [-0.39, 0.29) is 11.4 Å². The van der Waals surface area contributed by atoms with Crippen LogP contribution in [0.2, 0.25) is 0 Å². The highest BCUT2D eigenvalue weighted by molar-refractivity contribution is 6.01. The number of halogens is 3. The number of benzene rings is 3. The average molecular weight is 497 g/mol. The molecule has 4 rings (SSSR count). The number of non-ortho nitro benzene ring substituents is 1. The monoisotopic (exact) mass is 497 g/mol. The van der Waals surface area contributed by atoms with Gasteiger partial charge in [0.1, 0.15) is 5.69 Å². The molecule has 0 atom stereocenters. The van der Waals surface area contributed by atoms with Crippen molar-refractivity contribution < 1.29 is 23.0 Å². The zero-order valence-corrected chi connectivity index (χ0v) is 18.7. The molecule has 0 aliphatic carbocycles. The number of hydrazone groups is 1. The lowest BCUT2D eigenvalue weighted by Crippen LogP contribution is -2.06. The molecule has 9 nitrogen and oxygen atoms in total. The van der Waals surface area contributed by atoms with Gasteiger partial charge in [0.2, 0.25) is 0 Å². The topological polar surface area (TPSA) is 116 Å². The van der Waals surface area contributed by atoms with E-state index in [1.165, 1.54) is 18.3 Å². The van der Waals surface area contributed by atoms with Gasteiger partial charge in [-0.2, -0.15) is 18.3 Å². The van der Waals surface area contributed by atoms with Crippen LogP contribution >= 0.6 is 0 Å². The van der Waals surface area contributed by atoms with Gasteiger partial charge in [0.05, 0.1) is 21.6 Å². The molecule has 0 saturated heterocycles. The molecule has 0 unspecified atom stereocenters. The van der Waals surface area contributed by atoms with Crippen molar-refractivity contribution in [3.63, 3.8) is 0 Å². The normalized spacial score (nSPS) is 11.8. The summed E-state index contributed by atoms with van der Waals surface area (Å²) in [7, 11) is 0. The van der Waals surface area contributed by atoms with Gasteiger partial charge < -0.3 is 4.57 Å². The number of hydrogen-bond acceptors (Lipinski definition) is 6. The Hall–Kier alpha value is -4.74. The van der Waals surface area contributed by atoms with E-state index in [4.69, 9.17) is 0 Å². The lowest BCUT2D eigenvalue weighted by molar-refractivity contribution is -0.384. The van der Waals surface area contributed by atoms with Gasteiger partial charge in [0.15, 0.2) is 0 Å². The quantitative estimate of drug-likeness (QED) is 0.183. The van der Waals surface area contributed by atoms with E-state index in [2.05, 4.69) is 10.5 Å². The highest BCUT2D eigenvalue weighted by Crippen LogP contribution is 2.35. The summed E-state index contributed by atoms with van der Waals surface area (Å²) in [5.74, 6) is 0. The van der Waals surface area contributed by atoms with Gasteiger partial charge in [-0.1, -0.05) is 30.3 Å². The van der Waals surface area contributed by atoms with E-state index < -0.39 is 27.3 Å². The van der Waals surface area contributed by atoms with Crippen molar-refractivity contribution in [1.82, 2.24) is 4.57 Å². The Morgan fingerprint density at radius 1 is 1.00 bits per heavy atom. The lowest BCUT2D eigenvalue weighted by atomic mass is 10.1. The van der Waals surface area contributed by atoms with Gasteiger partial charge in [-0.3, -0.25) is 25.7 Å². The third-order valence-corrected chi connectivity index (χ3v) is 5.67. The van der Waals surface area contributed by atoms with Gasteiger partial charge in [-0.25, -0.2) is 0 Å². The first-order chi connectivity index (χ1) is 17.1. The van der Waals surface area contributed by atoms with Crippen LogP contribution in [0.5, 0.6) is 0 Å². The molecule has 0 aliphatic heterocycles. The van der Waals surface area contributed by atoms with Crippen LogP contribution in [0.4, 0.5) is 30.2 Å². The smallest absolute Gasteiger partial charge is 0.340 e. The van der Waals surface area contributed by atoms with E-state index in [9.17, 15) is 33.4 Å². The number of nitrogens with zero attached hydrogens (tertiary/aromatic N) is 4. The molecule has 0 fully saturated rings. The minimum atomic E-state index is -4.71. The molecule has 36 heavy (non-hydrogen) atoms. The molecule has 0 aliphatic rings. The fourth-order valence-corrected chi connectivity index (χ4v) is 3.85. The maximum absolute atomic E-state index is 12.9. The molecule has 1 aromatic heterocycles. The molecular weight excluding hydrogens is 479 g/mol. The van der Waals surface area contributed by atoms with Gasteiger partial charge in [-0.05, 0) is 30.7 Å². The molecule has 0 saturated carbocycles. The Balaban J connectivity index is 1.65. The summed E-state index contributed by atoms with van der Waals surface area (Å²) < 4.78 is 40.8. The molecular formula is C24H18F3N5O4. The zero-order chi connectivity index (χ0) is 26.0. The fraction of sp³-hybridized carbons (Fsp3) is 0.125. The Morgan fingerprint density at radius 3 is 2.33 bits per heavy atom. The summed E-state index contributed by atoms with van der Waals surface area (Å²) in [6, 6.07) is 15.8. The number of anilines is 1. The third-order valence-electron chi connectivity index (χ3n) is 5.67. The number of rotatable bonds is 7. The highest BCUT2D eigenvalue weighted by atomic mass is 19.4. The third kappa shape index (κ3) is 4.87. The molecule has 0 radical (unpaired) electrons. The van der Waals surface area contributed by atoms with Crippen molar-refractivity contribution in [3.8, 4) is 0 Å². The van der Waals surface area contributed by atoms with Gasteiger partial charge >= 0.3 is 6.18 Å². The molecule has 12 heteroatoms. The second-order valence-electron chi connectivity index (χ2n) is 7.88. The van der Waals surface area contributed by atoms with Crippen LogP contribution in [0.1, 0.15) is 22.4 Å².